The van der Waals surface area contributed by atoms with Gasteiger partial charge >= 0.3 is 0 Å². The van der Waals surface area contributed by atoms with Crippen LogP contribution >= 0.6 is 0 Å². The van der Waals surface area contributed by atoms with E-state index in [1.807, 2.05) is 6.92 Å². The van der Waals surface area contributed by atoms with Crippen LogP contribution in [-0.2, 0) is 6.61 Å². The fourth-order valence-electron chi connectivity index (χ4n) is 0.881. The normalized spacial score (nSPS) is 12.5. The van der Waals surface area contributed by atoms with Crippen molar-refractivity contribution in [1.29, 1.82) is 0 Å². The standard InChI is InChI=1S/C10H15NO3/c1-8(5-12)7-14-10-3-2-9(6-13)11-4-10/h2-4,8,12-13H,5-7H2,1H3. The van der Waals surface area contributed by atoms with Crippen LogP contribution in [0.3, 0.4) is 0 Å². The predicted molar refractivity (Wildman–Crippen MR) is 51.9 cm³/mol. The van der Waals surface area contributed by atoms with Gasteiger partial charge < -0.3 is 14.9 Å². The first-order valence-electron chi connectivity index (χ1n) is 4.55. The number of nitrogens with zero attached hydrogens (tertiary/aromatic N) is 1. The van der Waals surface area contributed by atoms with Crippen LogP contribution in [-0.4, -0.2) is 28.4 Å². The second kappa shape index (κ2) is 5.57. The van der Waals surface area contributed by atoms with Crippen molar-refractivity contribution in [2.24, 2.45) is 5.92 Å². The lowest BCUT2D eigenvalue weighted by Crippen LogP contribution is -2.12. The number of aliphatic hydroxyl groups is 2. The van der Waals surface area contributed by atoms with Gasteiger partial charge in [-0.3, -0.25) is 4.98 Å². The highest BCUT2D eigenvalue weighted by Crippen LogP contribution is 2.10. The third kappa shape index (κ3) is 3.32. The minimum atomic E-state index is -0.0622. The molecule has 4 heteroatoms. The number of pyridine rings is 1. The summed E-state index contributed by atoms with van der Waals surface area (Å²) in [6.07, 6.45) is 1.57. The average molecular weight is 197 g/mol. The largest absolute Gasteiger partial charge is 0.492 e. The predicted octanol–water partition coefficient (Wildman–Crippen LogP) is 0.581. The molecule has 0 fully saturated rings. The van der Waals surface area contributed by atoms with Gasteiger partial charge in [0.1, 0.15) is 5.75 Å². The van der Waals surface area contributed by atoms with Gasteiger partial charge in [0.05, 0.1) is 25.1 Å². The summed E-state index contributed by atoms with van der Waals surface area (Å²) < 4.78 is 5.35. The molecule has 0 amide bonds. The maximum absolute atomic E-state index is 8.77. The van der Waals surface area contributed by atoms with Gasteiger partial charge in [0, 0.05) is 12.5 Å². The molecule has 4 nitrogen and oxygen atoms in total. The Labute approximate surface area is 83.2 Å². The van der Waals surface area contributed by atoms with E-state index >= 15 is 0 Å². The molecule has 0 aliphatic heterocycles. The SMILES string of the molecule is CC(CO)COc1ccc(CO)nc1. The third-order valence-corrected chi connectivity index (χ3v) is 1.81. The Morgan fingerprint density at radius 2 is 2.21 bits per heavy atom. The number of aromatic nitrogens is 1. The summed E-state index contributed by atoms with van der Waals surface area (Å²) in [5, 5.41) is 17.5. The Bertz CT molecular complexity index is 261. The van der Waals surface area contributed by atoms with Gasteiger partial charge in [-0.05, 0) is 12.1 Å². The van der Waals surface area contributed by atoms with Crippen LogP contribution in [0, 0.1) is 5.92 Å². The van der Waals surface area contributed by atoms with Crippen LogP contribution in [0.2, 0.25) is 0 Å². The molecule has 0 aromatic carbocycles. The van der Waals surface area contributed by atoms with E-state index in [-0.39, 0.29) is 19.1 Å². The molecule has 0 aliphatic carbocycles. The summed E-state index contributed by atoms with van der Waals surface area (Å²) in [7, 11) is 0. The van der Waals surface area contributed by atoms with Gasteiger partial charge in [-0.15, -0.1) is 0 Å². The fraction of sp³-hybridized carbons (Fsp3) is 0.500. The highest BCUT2D eigenvalue weighted by atomic mass is 16.5. The van der Waals surface area contributed by atoms with Crippen LogP contribution in [0.1, 0.15) is 12.6 Å². The topological polar surface area (TPSA) is 62.6 Å². The Kier molecular flexibility index (Phi) is 4.35. The molecule has 0 radical (unpaired) electrons. The van der Waals surface area contributed by atoms with Crippen molar-refractivity contribution in [3.8, 4) is 5.75 Å². The van der Waals surface area contributed by atoms with Gasteiger partial charge in [-0.25, -0.2) is 0 Å². The Hall–Kier alpha value is -1.13. The first kappa shape index (κ1) is 10.9. The minimum absolute atomic E-state index is 0.0622. The summed E-state index contributed by atoms with van der Waals surface area (Å²) in [6.45, 7) is 2.42. The molecule has 0 saturated carbocycles. The minimum Gasteiger partial charge on any atom is -0.492 e. The molecule has 78 valence electrons. The summed E-state index contributed by atoms with van der Waals surface area (Å²) in [6, 6.07) is 3.46. The van der Waals surface area contributed by atoms with Crippen molar-refractivity contribution < 1.29 is 14.9 Å². The molecule has 0 aliphatic rings. The maximum Gasteiger partial charge on any atom is 0.137 e. The van der Waals surface area contributed by atoms with Crippen molar-refractivity contribution in [2.75, 3.05) is 13.2 Å². The quantitative estimate of drug-likeness (QED) is 0.724. The molecule has 14 heavy (non-hydrogen) atoms. The van der Waals surface area contributed by atoms with E-state index in [4.69, 9.17) is 14.9 Å². The zero-order valence-corrected chi connectivity index (χ0v) is 8.18. The van der Waals surface area contributed by atoms with Gasteiger partial charge in [-0.1, -0.05) is 6.92 Å². The van der Waals surface area contributed by atoms with E-state index in [0.717, 1.165) is 0 Å². The zero-order valence-electron chi connectivity index (χ0n) is 8.18. The van der Waals surface area contributed by atoms with E-state index in [0.29, 0.717) is 18.1 Å². The van der Waals surface area contributed by atoms with Crippen LogP contribution in [0.25, 0.3) is 0 Å². The molecule has 1 heterocycles. The number of rotatable bonds is 5. The molecule has 1 rings (SSSR count). The van der Waals surface area contributed by atoms with Crippen molar-refractivity contribution in [3.05, 3.63) is 24.0 Å². The molecule has 1 aromatic heterocycles. The van der Waals surface area contributed by atoms with Crippen molar-refractivity contribution in [3.63, 3.8) is 0 Å². The fourth-order valence-corrected chi connectivity index (χ4v) is 0.881. The second-order valence-electron chi connectivity index (χ2n) is 3.24. The molecule has 0 spiro atoms. The van der Waals surface area contributed by atoms with Crippen LogP contribution in [0.15, 0.2) is 18.3 Å². The number of hydrogen-bond acceptors (Lipinski definition) is 4. The van der Waals surface area contributed by atoms with Crippen molar-refractivity contribution in [2.45, 2.75) is 13.5 Å². The second-order valence-corrected chi connectivity index (χ2v) is 3.24. The summed E-state index contributed by atoms with van der Waals surface area (Å²) in [4.78, 5) is 3.96. The van der Waals surface area contributed by atoms with E-state index in [1.54, 1.807) is 18.3 Å². The Balaban J connectivity index is 2.43. The lowest BCUT2D eigenvalue weighted by atomic mass is 10.2. The highest BCUT2D eigenvalue weighted by molar-refractivity contribution is 5.19. The molecule has 1 unspecified atom stereocenters. The van der Waals surface area contributed by atoms with Gasteiger partial charge in [0.15, 0.2) is 0 Å². The van der Waals surface area contributed by atoms with E-state index in [1.165, 1.54) is 0 Å². The van der Waals surface area contributed by atoms with Gasteiger partial charge in [-0.2, -0.15) is 0 Å². The monoisotopic (exact) mass is 197 g/mol. The van der Waals surface area contributed by atoms with Gasteiger partial charge in [0.25, 0.3) is 0 Å². The number of hydrogen-bond donors (Lipinski definition) is 2. The summed E-state index contributed by atoms with van der Waals surface area (Å²) in [5.41, 5.74) is 0.618. The number of ether oxygens (including phenoxy) is 1. The first-order chi connectivity index (χ1) is 6.76. The van der Waals surface area contributed by atoms with Crippen molar-refractivity contribution >= 4 is 0 Å². The smallest absolute Gasteiger partial charge is 0.137 e. The summed E-state index contributed by atoms with van der Waals surface area (Å²) in [5.74, 6) is 0.773. The molecule has 1 aromatic rings. The van der Waals surface area contributed by atoms with E-state index in [2.05, 4.69) is 4.98 Å². The Morgan fingerprint density at radius 3 is 2.71 bits per heavy atom. The van der Waals surface area contributed by atoms with E-state index in [9.17, 15) is 0 Å². The molecule has 0 bridgehead atoms. The molecular weight excluding hydrogens is 182 g/mol. The van der Waals surface area contributed by atoms with Crippen LogP contribution < -0.4 is 4.74 Å². The lowest BCUT2D eigenvalue weighted by molar-refractivity contribution is 0.174. The first-order valence-corrected chi connectivity index (χ1v) is 4.55. The van der Waals surface area contributed by atoms with Crippen LogP contribution in [0.5, 0.6) is 5.75 Å². The maximum atomic E-state index is 8.77. The summed E-state index contributed by atoms with van der Waals surface area (Å²) >= 11 is 0. The number of aliphatic hydroxyl groups excluding tert-OH is 2. The molecule has 2 N–H and O–H groups in total. The molecular formula is C10H15NO3. The van der Waals surface area contributed by atoms with Crippen molar-refractivity contribution in [1.82, 2.24) is 4.98 Å². The zero-order chi connectivity index (χ0) is 10.4. The Morgan fingerprint density at radius 1 is 1.43 bits per heavy atom. The average Bonchev–Trinajstić information content (AvgIpc) is 2.26. The highest BCUT2D eigenvalue weighted by Gasteiger charge is 2.01. The molecule has 1 atom stereocenters. The van der Waals surface area contributed by atoms with Crippen LogP contribution in [0.4, 0.5) is 0 Å². The third-order valence-electron chi connectivity index (χ3n) is 1.81. The lowest BCUT2D eigenvalue weighted by Gasteiger charge is -2.09. The van der Waals surface area contributed by atoms with E-state index < -0.39 is 0 Å². The molecule has 0 saturated heterocycles. The van der Waals surface area contributed by atoms with Gasteiger partial charge in [0.2, 0.25) is 0 Å².